The van der Waals surface area contributed by atoms with Gasteiger partial charge in [-0.05, 0) is 109 Å². The van der Waals surface area contributed by atoms with Crippen LogP contribution in [0.4, 0.5) is 5.69 Å². The highest BCUT2D eigenvalue weighted by Gasteiger charge is 2.21. The lowest BCUT2D eigenvalue weighted by molar-refractivity contribution is -0.384. The van der Waals surface area contributed by atoms with Crippen molar-refractivity contribution in [2.45, 2.75) is 87.0 Å². The number of nitro benzene ring substituents is 1. The number of nitro groups is 1. The van der Waals surface area contributed by atoms with Gasteiger partial charge in [-0.15, -0.1) is 5.10 Å². The van der Waals surface area contributed by atoms with Crippen molar-refractivity contribution in [2.75, 3.05) is 13.1 Å². The highest BCUT2D eigenvalue weighted by Crippen LogP contribution is 2.27. The minimum absolute atomic E-state index is 0.00346. The highest BCUT2D eigenvalue weighted by molar-refractivity contribution is 5.75. The van der Waals surface area contributed by atoms with Crippen LogP contribution in [-0.4, -0.2) is 65.9 Å². The zero-order valence-corrected chi connectivity index (χ0v) is 29.4. The van der Waals surface area contributed by atoms with Gasteiger partial charge in [-0.1, -0.05) is 12.1 Å². The van der Waals surface area contributed by atoms with E-state index < -0.39 is 16.1 Å². The molecular formula is C35H45N7O6. The van der Waals surface area contributed by atoms with Crippen molar-refractivity contribution >= 4 is 17.6 Å². The summed E-state index contributed by atoms with van der Waals surface area (Å²) < 4.78 is 11.9. The predicted molar refractivity (Wildman–Crippen MR) is 182 cm³/mol. The van der Waals surface area contributed by atoms with Crippen LogP contribution in [-0.2, 0) is 25.6 Å². The van der Waals surface area contributed by atoms with Crippen LogP contribution in [0.5, 0.6) is 0 Å². The topological polar surface area (TPSA) is 164 Å². The van der Waals surface area contributed by atoms with E-state index in [4.69, 9.17) is 19.6 Å². The van der Waals surface area contributed by atoms with Gasteiger partial charge in [0.15, 0.2) is 5.82 Å². The van der Waals surface area contributed by atoms with E-state index in [2.05, 4.69) is 15.3 Å². The average molecular weight is 660 g/mol. The Morgan fingerprint density at radius 3 is 1.88 bits per heavy atom. The van der Waals surface area contributed by atoms with Crippen LogP contribution in [0, 0.1) is 37.8 Å². The Morgan fingerprint density at radius 2 is 1.35 bits per heavy atom. The van der Waals surface area contributed by atoms with E-state index in [1.165, 1.54) is 6.07 Å². The first-order chi connectivity index (χ1) is 22.3. The summed E-state index contributed by atoms with van der Waals surface area (Å²) in [6.45, 7) is 19.1. The van der Waals surface area contributed by atoms with Crippen molar-refractivity contribution in [1.82, 2.24) is 30.0 Å². The molecule has 0 atom stereocenters. The van der Waals surface area contributed by atoms with Gasteiger partial charge in [-0.2, -0.15) is 0 Å². The summed E-state index contributed by atoms with van der Waals surface area (Å²) in [6, 6.07) is 10.4. The third-order valence-corrected chi connectivity index (χ3v) is 6.88. The van der Waals surface area contributed by atoms with Crippen LogP contribution in [0.15, 0.2) is 48.8 Å². The van der Waals surface area contributed by atoms with Crippen molar-refractivity contribution in [3.63, 3.8) is 0 Å². The van der Waals surface area contributed by atoms with Crippen LogP contribution < -0.4 is 5.32 Å². The predicted octanol–water partition coefficient (Wildman–Crippen LogP) is 5.85. The Morgan fingerprint density at radius 1 is 0.833 bits per heavy atom. The van der Waals surface area contributed by atoms with Crippen molar-refractivity contribution in [3.8, 4) is 23.0 Å². The molecule has 1 aromatic carbocycles. The number of hydrogen-bond donors (Lipinski definition) is 1. The lowest BCUT2D eigenvalue weighted by atomic mass is 10.1. The first-order valence-corrected chi connectivity index (χ1v) is 15.5. The van der Waals surface area contributed by atoms with Gasteiger partial charge >= 0.3 is 11.9 Å². The Hall–Kier alpha value is -5.04. The molecule has 0 bridgehead atoms. The number of esters is 2. The summed E-state index contributed by atoms with van der Waals surface area (Å²) in [7, 11) is 0. The number of pyridine rings is 2. The summed E-state index contributed by atoms with van der Waals surface area (Å²) in [6.07, 6.45) is 3.49. The summed E-state index contributed by atoms with van der Waals surface area (Å²) in [5, 5.41) is 18.6. The van der Waals surface area contributed by atoms with Gasteiger partial charge in [-0.3, -0.25) is 35.0 Å². The molecule has 4 rings (SSSR count). The number of hydrogen-bond acceptors (Lipinski definition) is 11. The standard InChI is InChI=1S/C23H22N6O2.C12H23NO4/c1-14-8-10-24-20(16(14)3)22-26-23(21-17(4)15(2)9-11-25-21)28(27-22)13-18-6-5-7-19(12-18)29(30)31;1-11(2,3)16-9(14)7-13-8-10(15)17-12(4,5)6/h5-12H,13H2,1-4H3;13H,7-8H2,1-6H3. The fourth-order valence-corrected chi connectivity index (χ4v) is 4.41. The molecule has 0 fully saturated rings. The van der Waals surface area contributed by atoms with Crippen LogP contribution in [0.3, 0.4) is 0 Å². The largest absolute Gasteiger partial charge is 0.459 e. The number of carbonyl (C=O) groups is 2. The minimum atomic E-state index is -0.509. The maximum absolute atomic E-state index is 11.3. The van der Waals surface area contributed by atoms with Crippen molar-refractivity contribution in [3.05, 3.63) is 86.7 Å². The van der Waals surface area contributed by atoms with Gasteiger partial charge < -0.3 is 9.47 Å². The van der Waals surface area contributed by atoms with E-state index in [0.717, 1.165) is 33.5 Å². The molecule has 256 valence electrons. The molecule has 0 saturated carbocycles. The van der Waals surface area contributed by atoms with E-state index >= 15 is 0 Å². The fraction of sp³-hybridized carbons (Fsp3) is 0.429. The van der Waals surface area contributed by atoms with E-state index in [-0.39, 0.29) is 30.7 Å². The van der Waals surface area contributed by atoms with Crippen LogP contribution in [0.2, 0.25) is 0 Å². The summed E-state index contributed by atoms with van der Waals surface area (Å²) in [5.41, 5.74) is 5.44. The molecule has 3 aromatic heterocycles. The zero-order valence-electron chi connectivity index (χ0n) is 29.4. The molecule has 0 amide bonds. The molecule has 3 heterocycles. The number of non-ortho nitro benzene ring substituents is 1. The third-order valence-electron chi connectivity index (χ3n) is 6.88. The molecule has 0 radical (unpaired) electrons. The third kappa shape index (κ3) is 11.0. The molecule has 48 heavy (non-hydrogen) atoms. The molecule has 0 unspecified atom stereocenters. The Labute approximate surface area is 281 Å². The molecule has 13 heteroatoms. The molecule has 0 spiro atoms. The van der Waals surface area contributed by atoms with E-state index in [9.17, 15) is 19.7 Å². The lowest BCUT2D eigenvalue weighted by Gasteiger charge is -2.20. The molecular weight excluding hydrogens is 614 g/mol. The molecule has 1 N–H and O–H groups in total. The Bertz CT molecular complexity index is 1740. The first kappa shape index (κ1) is 37.4. The van der Waals surface area contributed by atoms with Crippen LogP contribution >= 0.6 is 0 Å². The second-order valence-corrected chi connectivity index (χ2v) is 13.3. The minimum Gasteiger partial charge on any atom is -0.459 e. The zero-order chi connectivity index (χ0) is 35.8. The van der Waals surface area contributed by atoms with Gasteiger partial charge in [0.05, 0.1) is 24.6 Å². The molecule has 0 aliphatic carbocycles. The lowest BCUT2D eigenvalue weighted by Crippen LogP contribution is -2.36. The van der Waals surface area contributed by atoms with Gasteiger partial charge in [0.25, 0.3) is 5.69 Å². The number of benzene rings is 1. The second-order valence-electron chi connectivity index (χ2n) is 13.3. The van der Waals surface area contributed by atoms with Crippen molar-refractivity contribution in [1.29, 1.82) is 0 Å². The normalized spacial score (nSPS) is 11.4. The van der Waals surface area contributed by atoms with Gasteiger partial charge in [0.2, 0.25) is 5.82 Å². The first-order valence-electron chi connectivity index (χ1n) is 15.5. The molecule has 13 nitrogen and oxygen atoms in total. The van der Waals surface area contributed by atoms with E-state index in [1.807, 2.05) is 45.9 Å². The smallest absolute Gasteiger partial charge is 0.320 e. The molecule has 0 aliphatic rings. The molecule has 4 aromatic rings. The van der Waals surface area contributed by atoms with Gasteiger partial charge in [0.1, 0.15) is 22.6 Å². The molecule has 0 aliphatic heterocycles. The average Bonchev–Trinajstić information content (AvgIpc) is 3.37. The quantitative estimate of drug-likeness (QED) is 0.130. The maximum Gasteiger partial charge on any atom is 0.320 e. The van der Waals surface area contributed by atoms with E-state index in [0.29, 0.717) is 23.9 Å². The summed E-state index contributed by atoms with van der Waals surface area (Å²) in [4.78, 5) is 47.2. The monoisotopic (exact) mass is 659 g/mol. The maximum atomic E-state index is 11.3. The number of ether oxygens (including phenoxy) is 2. The van der Waals surface area contributed by atoms with E-state index in [1.54, 1.807) is 70.8 Å². The van der Waals surface area contributed by atoms with Crippen LogP contribution in [0.25, 0.3) is 23.0 Å². The van der Waals surface area contributed by atoms with Crippen LogP contribution in [0.1, 0.15) is 69.4 Å². The fourth-order valence-electron chi connectivity index (χ4n) is 4.41. The Balaban J connectivity index is 0.000000315. The summed E-state index contributed by atoms with van der Waals surface area (Å²) >= 11 is 0. The number of nitrogens with zero attached hydrogens (tertiary/aromatic N) is 6. The number of aromatic nitrogens is 5. The highest BCUT2D eigenvalue weighted by atomic mass is 16.6. The molecule has 0 saturated heterocycles. The Kier molecular flexibility index (Phi) is 12.2. The van der Waals surface area contributed by atoms with Crippen molar-refractivity contribution in [2.24, 2.45) is 0 Å². The summed E-state index contributed by atoms with van der Waals surface area (Å²) in [5.74, 6) is 0.330. The van der Waals surface area contributed by atoms with Gasteiger partial charge in [-0.25, -0.2) is 9.67 Å². The van der Waals surface area contributed by atoms with Crippen molar-refractivity contribution < 1.29 is 24.0 Å². The SMILES string of the molecule is CC(C)(C)OC(=O)CNCC(=O)OC(C)(C)C.Cc1ccnc(-c2nc(-c3nccc(C)c3C)n(Cc3cccc([N+](=O)[O-])c3)n2)c1C. The number of rotatable bonds is 9. The number of aryl methyl sites for hydroxylation is 2. The number of nitrogens with one attached hydrogen (secondary N) is 1. The second kappa shape index (κ2) is 15.7. The number of carbonyl (C=O) groups excluding carboxylic acids is 2. The van der Waals surface area contributed by atoms with Gasteiger partial charge in [0, 0.05) is 24.5 Å².